The molecule has 2 aliphatic rings. The third kappa shape index (κ3) is 6.51. The highest BCUT2D eigenvalue weighted by Crippen LogP contribution is 2.37. The van der Waals surface area contributed by atoms with Gasteiger partial charge in [0.05, 0.1) is 44.5 Å². The number of likely N-dealkylation sites (tertiary alicyclic amines) is 1. The number of aromatic nitrogens is 3. The van der Waals surface area contributed by atoms with Crippen molar-refractivity contribution in [3.05, 3.63) is 88.1 Å². The number of hydrazine groups is 2. The van der Waals surface area contributed by atoms with Crippen LogP contribution in [0.3, 0.4) is 0 Å². The Kier molecular flexibility index (Phi) is 8.50. The van der Waals surface area contributed by atoms with Crippen LogP contribution in [0.25, 0.3) is 10.9 Å². The second-order valence-electron chi connectivity index (χ2n) is 12.4. The van der Waals surface area contributed by atoms with E-state index in [2.05, 4.69) is 74.5 Å². The molecule has 0 saturated carbocycles. The zero-order chi connectivity index (χ0) is 31.9. The minimum Gasteiger partial charge on any atom is -0.371 e. The number of hydrogen-bond acceptors (Lipinski definition) is 9. The van der Waals surface area contributed by atoms with Crippen LogP contribution in [0.4, 0.5) is 21.5 Å². The van der Waals surface area contributed by atoms with E-state index < -0.39 is 5.82 Å². The molecule has 1 fully saturated rings. The van der Waals surface area contributed by atoms with Crippen molar-refractivity contribution >= 4 is 51.2 Å². The highest BCUT2D eigenvalue weighted by molar-refractivity contribution is 6.36. The number of nitrogens with one attached hydrogen (secondary N) is 4. The van der Waals surface area contributed by atoms with E-state index in [9.17, 15) is 9.65 Å². The number of aryl methyl sites for hydroxylation is 1. The molecule has 13 heteroatoms. The Labute approximate surface area is 271 Å². The summed E-state index contributed by atoms with van der Waals surface area (Å²) in [5.41, 5.74) is 11.1. The van der Waals surface area contributed by atoms with Gasteiger partial charge in [-0.15, -0.1) is 5.53 Å². The fourth-order valence-corrected chi connectivity index (χ4v) is 6.29. The van der Waals surface area contributed by atoms with Gasteiger partial charge in [-0.3, -0.25) is 14.9 Å². The molecule has 0 bridgehead atoms. The lowest BCUT2D eigenvalue weighted by atomic mass is 9.98. The second kappa shape index (κ2) is 12.4. The van der Waals surface area contributed by atoms with E-state index in [1.165, 1.54) is 18.3 Å². The molecule has 0 amide bonds. The number of halogens is 3. The van der Waals surface area contributed by atoms with E-state index in [4.69, 9.17) is 23.2 Å². The Hall–Kier alpha value is -4.08. The van der Waals surface area contributed by atoms with Crippen LogP contribution in [0.15, 0.2) is 60.9 Å². The fourth-order valence-electron chi connectivity index (χ4n) is 5.84. The average molecular weight is 650 g/mol. The van der Waals surface area contributed by atoms with E-state index in [1.807, 2.05) is 23.9 Å². The molecule has 0 unspecified atom stereocenters. The number of anilines is 3. The summed E-state index contributed by atoms with van der Waals surface area (Å²) in [5.74, 6) is -0.532. The summed E-state index contributed by atoms with van der Waals surface area (Å²) in [6, 6.07) is 10.2. The maximum atomic E-state index is 13.8. The monoisotopic (exact) mass is 648 g/mol. The van der Waals surface area contributed by atoms with Gasteiger partial charge in [-0.05, 0) is 63.9 Å². The molecule has 0 aliphatic carbocycles. The van der Waals surface area contributed by atoms with Crippen LogP contribution in [-0.4, -0.2) is 49.1 Å². The van der Waals surface area contributed by atoms with E-state index in [1.54, 1.807) is 18.5 Å². The third-order valence-electron chi connectivity index (χ3n) is 8.29. The molecule has 2 aromatic carbocycles. The fraction of sp³-hybridized carbons (Fsp3) is 0.344. The number of fused-ring (bicyclic) bond motifs is 1. The Morgan fingerprint density at radius 1 is 1.09 bits per heavy atom. The Bertz CT molecular complexity index is 1800. The molecule has 1 saturated heterocycles. The summed E-state index contributed by atoms with van der Waals surface area (Å²) < 4.78 is 15.7. The molecule has 0 radical (unpaired) electrons. The zero-order valence-corrected chi connectivity index (χ0v) is 27.0. The highest BCUT2D eigenvalue weighted by atomic mass is 35.5. The average Bonchev–Trinajstić information content (AvgIpc) is 3.67. The van der Waals surface area contributed by atoms with E-state index >= 15 is 0 Å². The first-order valence-electron chi connectivity index (χ1n) is 14.8. The van der Waals surface area contributed by atoms with Gasteiger partial charge < -0.3 is 20.6 Å². The highest BCUT2D eigenvalue weighted by Gasteiger charge is 2.32. The molecule has 4 heterocycles. The normalized spacial score (nSPS) is 16.8. The summed E-state index contributed by atoms with van der Waals surface area (Å²) >= 11 is 12.8. The van der Waals surface area contributed by atoms with Gasteiger partial charge in [0.1, 0.15) is 17.9 Å². The first kappa shape index (κ1) is 30.9. The first-order valence-corrected chi connectivity index (χ1v) is 15.5. The van der Waals surface area contributed by atoms with E-state index in [-0.39, 0.29) is 16.6 Å². The molecule has 4 N–H and O–H groups in total. The van der Waals surface area contributed by atoms with Gasteiger partial charge in [0.2, 0.25) is 0 Å². The van der Waals surface area contributed by atoms with Gasteiger partial charge in [0.15, 0.2) is 0 Å². The number of hydrogen-bond donors (Lipinski definition) is 4. The van der Waals surface area contributed by atoms with Crippen molar-refractivity contribution < 1.29 is 4.39 Å². The Morgan fingerprint density at radius 2 is 1.84 bits per heavy atom. The standard InChI is InChI=1S/C32H35Cl2FN10/c1-32(2,3)44-9-7-22(8-10-44)45-17-28(41-42-45)31(27-16-43(4)18-38-27)40-21-11-23-29(39-20-5-6-26(35)24(33)12-20)19(14-36)15-37-30(23)25(34)13-21/h5-6,11-13,15-18,22,31,40-42H,7-10H2,1-4H3,(H,37,39)/t31-/m0/s1. The minimum atomic E-state index is -0.532. The lowest BCUT2D eigenvalue weighted by molar-refractivity contribution is 0.0570. The molecule has 234 valence electrons. The lowest BCUT2D eigenvalue weighted by Gasteiger charge is -2.42. The quantitative estimate of drug-likeness (QED) is 0.176. The van der Waals surface area contributed by atoms with Gasteiger partial charge >= 0.3 is 0 Å². The molecule has 4 aromatic rings. The number of nitriles is 1. The molecule has 1 atom stereocenters. The van der Waals surface area contributed by atoms with Crippen molar-refractivity contribution in [2.45, 2.75) is 51.2 Å². The number of benzene rings is 2. The zero-order valence-electron chi connectivity index (χ0n) is 25.5. The van der Waals surface area contributed by atoms with Crippen LogP contribution in [0.2, 0.25) is 10.0 Å². The topological polar surface area (TPSA) is 109 Å². The molecule has 45 heavy (non-hydrogen) atoms. The first-order chi connectivity index (χ1) is 21.5. The number of rotatable bonds is 7. The van der Waals surface area contributed by atoms with Crippen LogP contribution in [0.1, 0.15) is 50.9 Å². The molecule has 2 aliphatic heterocycles. The van der Waals surface area contributed by atoms with Gasteiger partial charge in [-0.1, -0.05) is 23.2 Å². The van der Waals surface area contributed by atoms with Crippen molar-refractivity contribution in [3.8, 4) is 6.07 Å². The van der Waals surface area contributed by atoms with Crippen molar-refractivity contribution in [1.82, 2.24) is 35.4 Å². The maximum absolute atomic E-state index is 13.8. The smallest absolute Gasteiger partial charge is 0.141 e. The summed E-state index contributed by atoms with van der Waals surface area (Å²) in [6.07, 6.45) is 9.38. The van der Waals surface area contributed by atoms with Crippen molar-refractivity contribution in [3.63, 3.8) is 0 Å². The third-order valence-corrected chi connectivity index (χ3v) is 8.87. The van der Waals surface area contributed by atoms with E-state index in [0.717, 1.165) is 37.3 Å². The summed E-state index contributed by atoms with van der Waals surface area (Å²) in [4.78, 5) is 11.6. The summed E-state index contributed by atoms with van der Waals surface area (Å²) in [7, 11) is 1.93. The van der Waals surface area contributed by atoms with Crippen LogP contribution in [0.5, 0.6) is 0 Å². The lowest BCUT2D eigenvalue weighted by Crippen LogP contribution is -2.52. The molecule has 0 spiro atoms. The van der Waals surface area contributed by atoms with Crippen LogP contribution >= 0.6 is 23.2 Å². The second-order valence-corrected chi connectivity index (χ2v) is 13.2. The molecule has 10 nitrogen and oxygen atoms in total. The predicted molar refractivity (Wildman–Crippen MR) is 176 cm³/mol. The SMILES string of the molecule is Cn1cnc([C@H](Nc2cc(Cl)c3ncc(C#N)c(Nc4ccc(F)c(Cl)c4)c3c2)C2=CN(C3CCN(C(C)(C)C)CC3)NN2)c1. The number of pyridine rings is 1. The van der Waals surface area contributed by atoms with Gasteiger partial charge in [0.25, 0.3) is 0 Å². The summed E-state index contributed by atoms with van der Waals surface area (Å²) in [5, 5.41) is 19.9. The largest absolute Gasteiger partial charge is 0.371 e. The van der Waals surface area contributed by atoms with Crippen LogP contribution in [-0.2, 0) is 7.05 Å². The predicted octanol–water partition coefficient (Wildman–Crippen LogP) is 6.61. The summed E-state index contributed by atoms with van der Waals surface area (Å²) in [6.45, 7) is 8.85. The maximum Gasteiger partial charge on any atom is 0.141 e. The number of nitrogens with zero attached hydrogens (tertiary/aromatic N) is 6. The van der Waals surface area contributed by atoms with Crippen molar-refractivity contribution in [1.29, 1.82) is 5.26 Å². The van der Waals surface area contributed by atoms with E-state index in [0.29, 0.717) is 44.6 Å². The molecular weight excluding hydrogens is 614 g/mol. The van der Waals surface area contributed by atoms with Crippen molar-refractivity contribution in [2.75, 3.05) is 23.7 Å². The Morgan fingerprint density at radius 3 is 2.51 bits per heavy atom. The number of piperidine rings is 1. The van der Waals surface area contributed by atoms with Gasteiger partial charge in [0, 0.05) is 67.1 Å². The van der Waals surface area contributed by atoms with Crippen molar-refractivity contribution in [2.24, 2.45) is 7.05 Å². The van der Waals surface area contributed by atoms with Gasteiger partial charge in [-0.25, -0.2) is 9.37 Å². The molecular formula is C32H35Cl2FN10. The van der Waals surface area contributed by atoms with Gasteiger partial charge in [-0.2, -0.15) is 5.26 Å². The van der Waals surface area contributed by atoms with Crippen LogP contribution in [0, 0.1) is 17.1 Å². The minimum absolute atomic E-state index is 0.0322. The number of imidazole rings is 1. The Balaban J connectivity index is 1.33. The van der Waals surface area contributed by atoms with Crippen LogP contribution < -0.4 is 21.6 Å². The molecule has 2 aromatic heterocycles. The molecule has 6 rings (SSSR count).